The van der Waals surface area contributed by atoms with Crippen molar-refractivity contribution in [2.24, 2.45) is 5.92 Å². The molecule has 0 aromatic carbocycles. The lowest BCUT2D eigenvalue weighted by atomic mass is 9.77. The average Bonchev–Trinajstić information content (AvgIpc) is 2.35. The fraction of sp³-hybridized carbons (Fsp3) is 0.765. The van der Waals surface area contributed by atoms with Crippen LogP contribution in [0.2, 0.25) is 18.1 Å². The van der Waals surface area contributed by atoms with Crippen molar-refractivity contribution in [2.75, 3.05) is 6.61 Å². The van der Waals surface area contributed by atoms with Gasteiger partial charge >= 0.3 is 0 Å². The van der Waals surface area contributed by atoms with Gasteiger partial charge in [-0.25, -0.2) is 0 Å². The van der Waals surface area contributed by atoms with Gasteiger partial charge in [-0.3, -0.25) is 0 Å². The maximum absolute atomic E-state index is 10.5. The maximum atomic E-state index is 10.5. The molecule has 3 heteroatoms. The van der Waals surface area contributed by atoms with Gasteiger partial charge in [0, 0.05) is 6.61 Å². The molecule has 1 aliphatic carbocycles. The highest BCUT2D eigenvalue weighted by Crippen LogP contribution is 2.37. The molecule has 1 N–H and O–H groups in total. The van der Waals surface area contributed by atoms with Crippen molar-refractivity contribution in [3.8, 4) is 0 Å². The van der Waals surface area contributed by atoms with E-state index >= 15 is 0 Å². The third kappa shape index (κ3) is 4.30. The summed E-state index contributed by atoms with van der Waals surface area (Å²) in [4.78, 5) is 0. The van der Waals surface area contributed by atoms with E-state index in [1.165, 1.54) is 0 Å². The molecule has 0 aromatic heterocycles. The second kappa shape index (κ2) is 6.59. The quantitative estimate of drug-likeness (QED) is 0.438. The smallest absolute Gasteiger partial charge is 0.191 e. The van der Waals surface area contributed by atoms with Gasteiger partial charge in [-0.15, -0.1) is 0 Å². The Morgan fingerprint density at radius 1 is 1.45 bits per heavy atom. The van der Waals surface area contributed by atoms with Crippen LogP contribution in [0.1, 0.15) is 46.5 Å². The molecule has 116 valence electrons. The van der Waals surface area contributed by atoms with E-state index < -0.39 is 13.9 Å². The van der Waals surface area contributed by atoms with E-state index in [-0.39, 0.29) is 11.0 Å². The molecule has 0 aromatic rings. The summed E-state index contributed by atoms with van der Waals surface area (Å²) < 4.78 is 6.20. The summed E-state index contributed by atoms with van der Waals surface area (Å²) in [5, 5.41) is 10.8. The molecule has 0 fully saturated rings. The fourth-order valence-electron chi connectivity index (χ4n) is 2.42. The van der Waals surface area contributed by atoms with Gasteiger partial charge in [0.05, 0.1) is 0 Å². The third-order valence-electron chi connectivity index (χ3n) is 5.01. The van der Waals surface area contributed by atoms with Crippen molar-refractivity contribution in [1.82, 2.24) is 0 Å². The van der Waals surface area contributed by atoms with Crippen LogP contribution >= 0.6 is 0 Å². The van der Waals surface area contributed by atoms with Crippen molar-refractivity contribution in [3.05, 3.63) is 24.8 Å². The predicted octanol–water partition coefficient (Wildman–Crippen LogP) is 4.67. The highest BCUT2D eigenvalue weighted by molar-refractivity contribution is 6.74. The number of hydrogen-bond acceptors (Lipinski definition) is 2. The summed E-state index contributed by atoms with van der Waals surface area (Å²) in [6, 6.07) is 0. The Labute approximate surface area is 126 Å². The van der Waals surface area contributed by atoms with Gasteiger partial charge < -0.3 is 9.53 Å². The molecule has 0 unspecified atom stereocenters. The minimum atomic E-state index is -1.63. The summed E-state index contributed by atoms with van der Waals surface area (Å²) >= 11 is 0. The monoisotopic (exact) mass is 296 g/mol. The number of allylic oxidation sites excluding steroid dienone is 1. The van der Waals surface area contributed by atoms with Gasteiger partial charge in [-0.05, 0) is 49.7 Å². The van der Waals surface area contributed by atoms with Crippen LogP contribution < -0.4 is 0 Å². The van der Waals surface area contributed by atoms with Crippen LogP contribution in [0.15, 0.2) is 24.8 Å². The van der Waals surface area contributed by atoms with E-state index in [4.69, 9.17) is 4.43 Å². The zero-order valence-electron chi connectivity index (χ0n) is 13.9. The van der Waals surface area contributed by atoms with Crippen molar-refractivity contribution < 1.29 is 9.53 Å². The van der Waals surface area contributed by atoms with E-state index in [9.17, 15) is 5.11 Å². The molecule has 20 heavy (non-hydrogen) atoms. The molecule has 2 nitrogen and oxygen atoms in total. The first-order valence-corrected chi connectivity index (χ1v) is 10.7. The predicted molar refractivity (Wildman–Crippen MR) is 89.4 cm³/mol. The van der Waals surface area contributed by atoms with E-state index in [2.05, 4.69) is 46.5 Å². The molecule has 0 saturated heterocycles. The number of hydrogen-bond donors (Lipinski definition) is 1. The zero-order chi connectivity index (χ0) is 15.4. The average molecular weight is 297 g/mol. The molecule has 0 spiro atoms. The van der Waals surface area contributed by atoms with Crippen LogP contribution in [0.3, 0.4) is 0 Å². The Morgan fingerprint density at radius 2 is 2.10 bits per heavy atom. The van der Waals surface area contributed by atoms with Crippen LogP contribution in [-0.2, 0) is 4.43 Å². The summed E-state index contributed by atoms with van der Waals surface area (Å²) in [6.45, 7) is 16.0. The van der Waals surface area contributed by atoms with Gasteiger partial charge in [-0.1, -0.05) is 45.6 Å². The Balaban J connectivity index is 2.42. The largest absolute Gasteiger partial charge is 0.417 e. The van der Waals surface area contributed by atoms with E-state index in [0.29, 0.717) is 0 Å². The van der Waals surface area contributed by atoms with Gasteiger partial charge in [0.15, 0.2) is 8.32 Å². The topological polar surface area (TPSA) is 29.5 Å². The summed E-state index contributed by atoms with van der Waals surface area (Å²) in [7, 11) is -1.63. The first-order chi connectivity index (χ1) is 9.12. The van der Waals surface area contributed by atoms with Gasteiger partial charge in [0.1, 0.15) is 5.60 Å². The third-order valence-corrected chi connectivity index (χ3v) is 9.55. The second-order valence-corrected chi connectivity index (χ2v) is 12.3. The molecule has 0 radical (unpaired) electrons. The molecule has 1 aliphatic rings. The summed E-state index contributed by atoms with van der Waals surface area (Å²) in [5.41, 5.74) is -0.810. The second-order valence-electron chi connectivity index (χ2n) is 7.52. The molecular formula is C17H32O2Si. The lowest BCUT2D eigenvalue weighted by Crippen LogP contribution is -2.41. The molecule has 0 amide bonds. The van der Waals surface area contributed by atoms with Crippen molar-refractivity contribution in [3.63, 3.8) is 0 Å². The van der Waals surface area contributed by atoms with Crippen molar-refractivity contribution in [2.45, 2.75) is 70.2 Å². The molecule has 0 aliphatic heterocycles. The minimum Gasteiger partial charge on any atom is -0.417 e. The van der Waals surface area contributed by atoms with Crippen LogP contribution in [0, 0.1) is 5.92 Å². The summed E-state index contributed by atoms with van der Waals surface area (Å²) in [6.07, 6.45) is 9.76. The maximum Gasteiger partial charge on any atom is 0.191 e. The SMILES string of the molecule is C=C[C@@]1(O)C=CCC[C@H]1CCCO[Si](C)(C)C(C)(C)C. The van der Waals surface area contributed by atoms with Gasteiger partial charge in [0.2, 0.25) is 0 Å². The minimum absolute atomic E-state index is 0.266. The van der Waals surface area contributed by atoms with Crippen LogP contribution in [-0.4, -0.2) is 25.6 Å². The highest BCUT2D eigenvalue weighted by atomic mass is 28.4. The standard InChI is InChI=1S/C17H32O2Si/c1-7-17(18)13-9-8-11-15(17)12-10-14-19-20(5,6)16(2,3)4/h7,9,13,15,18H,1,8,10-12,14H2,2-6H3/t15-,17+/m0/s1. The first kappa shape index (κ1) is 17.7. The molecule has 2 atom stereocenters. The molecular weight excluding hydrogens is 264 g/mol. The fourth-order valence-corrected chi connectivity index (χ4v) is 3.51. The van der Waals surface area contributed by atoms with E-state index in [1.54, 1.807) is 6.08 Å². The zero-order valence-corrected chi connectivity index (χ0v) is 14.9. The number of rotatable bonds is 6. The van der Waals surface area contributed by atoms with E-state index in [0.717, 1.165) is 32.3 Å². The van der Waals surface area contributed by atoms with Crippen LogP contribution in [0.5, 0.6) is 0 Å². The lowest BCUT2D eigenvalue weighted by Gasteiger charge is -2.37. The number of aliphatic hydroxyl groups is 1. The summed E-state index contributed by atoms with van der Waals surface area (Å²) in [5.74, 6) is 0.285. The first-order valence-electron chi connectivity index (χ1n) is 7.80. The Bertz CT molecular complexity index is 354. The van der Waals surface area contributed by atoms with Gasteiger partial charge in [0.25, 0.3) is 0 Å². The van der Waals surface area contributed by atoms with Crippen molar-refractivity contribution >= 4 is 8.32 Å². The Kier molecular flexibility index (Phi) is 5.82. The van der Waals surface area contributed by atoms with Crippen LogP contribution in [0.4, 0.5) is 0 Å². The molecule has 0 heterocycles. The molecule has 0 bridgehead atoms. The normalized spacial score (nSPS) is 27.6. The van der Waals surface area contributed by atoms with E-state index in [1.807, 2.05) is 6.08 Å². The highest BCUT2D eigenvalue weighted by Gasteiger charge is 2.37. The molecule has 0 saturated carbocycles. The Hall–Kier alpha value is -0.383. The lowest BCUT2D eigenvalue weighted by molar-refractivity contribution is 0.0566. The van der Waals surface area contributed by atoms with Crippen molar-refractivity contribution in [1.29, 1.82) is 0 Å². The molecule has 1 rings (SSSR count). The van der Waals surface area contributed by atoms with Crippen LogP contribution in [0.25, 0.3) is 0 Å². The van der Waals surface area contributed by atoms with Gasteiger partial charge in [-0.2, -0.15) is 0 Å². The Morgan fingerprint density at radius 3 is 2.65 bits per heavy atom.